The average Bonchev–Trinajstić information content (AvgIpc) is 2.29. The topological polar surface area (TPSA) is 58.9 Å². The lowest BCUT2D eigenvalue weighted by molar-refractivity contribution is 0.132. The molecular formula is C11H14O4. The van der Waals surface area contributed by atoms with Crippen molar-refractivity contribution in [1.29, 1.82) is 0 Å². The molecule has 1 aliphatic heterocycles. The molecule has 82 valence electrons. The molecule has 4 heteroatoms. The highest BCUT2D eigenvalue weighted by Gasteiger charge is 2.14. The van der Waals surface area contributed by atoms with Crippen LogP contribution in [0.4, 0.5) is 0 Å². The molecule has 1 atom stereocenters. The molecule has 0 fully saturated rings. The van der Waals surface area contributed by atoms with Gasteiger partial charge < -0.3 is 19.7 Å². The van der Waals surface area contributed by atoms with Crippen molar-refractivity contribution >= 4 is 0 Å². The summed E-state index contributed by atoms with van der Waals surface area (Å²) < 4.78 is 10.8. The molecular weight excluding hydrogens is 196 g/mol. The third kappa shape index (κ3) is 2.22. The molecule has 0 amide bonds. The summed E-state index contributed by atoms with van der Waals surface area (Å²) in [5.41, 5.74) is 0.744. The maximum atomic E-state index is 9.67. The first-order valence-electron chi connectivity index (χ1n) is 4.99. The second-order valence-corrected chi connectivity index (χ2v) is 3.43. The molecule has 1 aromatic carbocycles. The van der Waals surface area contributed by atoms with E-state index in [2.05, 4.69) is 0 Å². The summed E-state index contributed by atoms with van der Waals surface area (Å²) in [5.74, 6) is 1.37. The lowest BCUT2D eigenvalue weighted by Gasteiger charge is -2.20. The smallest absolute Gasteiger partial charge is 0.161 e. The number of benzene rings is 1. The molecule has 1 aliphatic rings. The van der Waals surface area contributed by atoms with Crippen LogP contribution in [-0.2, 0) is 0 Å². The van der Waals surface area contributed by atoms with Gasteiger partial charge in [0, 0.05) is 13.0 Å². The molecule has 0 aromatic heterocycles. The van der Waals surface area contributed by atoms with Gasteiger partial charge in [0.05, 0.1) is 6.10 Å². The Bertz CT molecular complexity index is 337. The molecule has 1 aromatic rings. The van der Waals surface area contributed by atoms with Gasteiger partial charge in [-0.1, -0.05) is 6.07 Å². The van der Waals surface area contributed by atoms with E-state index in [1.54, 1.807) is 18.2 Å². The Labute approximate surface area is 88.1 Å². The van der Waals surface area contributed by atoms with Gasteiger partial charge in [-0.3, -0.25) is 0 Å². The summed E-state index contributed by atoms with van der Waals surface area (Å²) in [6, 6.07) is 5.33. The van der Waals surface area contributed by atoms with Crippen molar-refractivity contribution in [3.63, 3.8) is 0 Å². The number of fused-ring (bicyclic) bond motifs is 1. The molecule has 4 nitrogen and oxygen atoms in total. The fraction of sp³-hybridized carbons (Fsp3) is 0.455. The van der Waals surface area contributed by atoms with E-state index in [0.717, 1.165) is 5.56 Å². The maximum Gasteiger partial charge on any atom is 0.161 e. The van der Waals surface area contributed by atoms with Gasteiger partial charge in [-0.05, 0) is 17.7 Å². The summed E-state index contributed by atoms with van der Waals surface area (Å²) in [5, 5.41) is 18.4. The second kappa shape index (κ2) is 4.51. The zero-order valence-corrected chi connectivity index (χ0v) is 8.35. The van der Waals surface area contributed by atoms with Crippen LogP contribution < -0.4 is 9.47 Å². The lowest BCUT2D eigenvalue weighted by atomic mass is 10.1. The third-order valence-corrected chi connectivity index (χ3v) is 2.35. The second-order valence-electron chi connectivity index (χ2n) is 3.43. The first-order chi connectivity index (χ1) is 7.31. The summed E-state index contributed by atoms with van der Waals surface area (Å²) in [6.07, 6.45) is -0.314. The van der Waals surface area contributed by atoms with Crippen LogP contribution in [-0.4, -0.2) is 30.0 Å². The van der Waals surface area contributed by atoms with Crippen LogP contribution in [0, 0.1) is 0 Å². The van der Waals surface area contributed by atoms with E-state index in [1.807, 2.05) is 0 Å². The Morgan fingerprint density at radius 1 is 1.20 bits per heavy atom. The highest BCUT2D eigenvalue weighted by Crippen LogP contribution is 2.33. The molecule has 1 unspecified atom stereocenters. The molecule has 0 aliphatic carbocycles. The van der Waals surface area contributed by atoms with E-state index < -0.39 is 6.10 Å². The fourth-order valence-corrected chi connectivity index (χ4v) is 1.56. The summed E-state index contributed by atoms with van der Waals surface area (Å²) in [6.45, 7) is 1.06. The monoisotopic (exact) mass is 210 g/mol. The molecule has 0 radical (unpaired) electrons. The highest BCUT2D eigenvalue weighted by molar-refractivity contribution is 5.44. The molecule has 15 heavy (non-hydrogen) atoms. The molecule has 2 rings (SSSR count). The first kappa shape index (κ1) is 10.3. The van der Waals surface area contributed by atoms with Gasteiger partial charge in [-0.2, -0.15) is 0 Å². The van der Waals surface area contributed by atoms with Gasteiger partial charge in [-0.15, -0.1) is 0 Å². The summed E-state index contributed by atoms with van der Waals surface area (Å²) in [7, 11) is 0. The molecule has 1 heterocycles. The van der Waals surface area contributed by atoms with Gasteiger partial charge in [0.2, 0.25) is 0 Å². The predicted octanol–water partition coefficient (Wildman–Crippen LogP) is 0.874. The minimum atomic E-state index is -0.647. The Hall–Kier alpha value is -1.26. The average molecular weight is 210 g/mol. The number of rotatable bonds is 3. The van der Waals surface area contributed by atoms with Gasteiger partial charge in [0.15, 0.2) is 11.5 Å². The molecule has 0 spiro atoms. The quantitative estimate of drug-likeness (QED) is 0.777. The van der Waals surface area contributed by atoms with Crippen molar-refractivity contribution in [1.82, 2.24) is 0 Å². The zero-order valence-electron chi connectivity index (χ0n) is 8.35. The van der Waals surface area contributed by atoms with Crippen molar-refractivity contribution in [2.75, 3.05) is 19.8 Å². The molecule has 0 saturated heterocycles. The SMILES string of the molecule is OCCC(O)c1ccc2c(c1)OCCO2. The Kier molecular flexibility index (Phi) is 3.08. The normalized spacial score (nSPS) is 16.1. The predicted molar refractivity (Wildman–Crippen MR) is 54.1 cm³/mol. The zero-order chi connectivity index (χ0) is 10.7. The van der Waals surface area contributed by atoms with Gasteiger partial charge in [-0.25, -0.2) is 0 Å². The Morgan fingerprint density at radius 2 is 1.93 bits per heavy atom. The van der Waals surface area contributed by atoms with E-state index in [9.17, 15) is 5.11 Å². The van der Waals surface area contributed by atoms with E-state index >= 15 is 0 Å². The number of hydrogen-bond donors (Lipinski definition) is 2. The lowest BCUT2D eigenvalue weighted by Crippen LogP contribution is -2.15. The van der Waals surface area contributed by atoms with E-state index in [0.29, 0.717) is 31.1 Å². The third-order valence-electron chi connectivity index (χ3n) is 2.35. The van der Waals surface area contributed by atoms with Crippen LogP contribution in [0.2, 0.25) is 0 Å². The molecule has 0 saturated carbocycles. The van der Waals surface area contributed by atoms with Crippen molar-refractivity contribution in [2.45, 2.75) is 12.5 Å². The van der Waals surface area contributed by atoms with Gasteiger partial charge >= 0.3 is 0 Å². The largest absolute Gasteiger partial charge is 0.486 e. The van der Waals surface area contributed by atoms with E-state index in [1.165, 1.54) is 0 Å². The van der Waals surface area contributed by atoms with Gasteiger partial charge in [0.25, 0.3) is 0 Å². The van der Waals surface area contributed by atoms with Crippen molar-refractivity contribution in [3.8, 4) is 11.5 Å². The van der Waals surface area contributed by atoms with Crippen LogP contribution in [0.15, 0.2) is 18.2 Å². The van der Waals surface area contributed by atoms with Crippen molar-refractivity contribution in [2.24, 2.45) is 0 Å². The highest BCUT2D eigenvalue weighted by atomic mass is 16.6. The Balaban J connectivity index is 2.20. The number of hydrogen-bond acceptors (Lipinski definition) is 4. The first-order valence-corrected chi connectivity index (χ1v) is 4.99. The van der Waals surface area contributed by atoms with Crippen LogP contribution in [0.5, 0.6) is 11.5 Å². The number of ether oxygens (including phenoxy) is 2. The summed E-state index contributed by atoms with van der Waals surface area (Å²) in [4.78, 5) is 0. The number of aliphatic hydroxyl groups excluding tert-OH is 2. The minimum Gasteiger partial charge on any atom is -0.486 e. The van der Waals surface area contributed by atoms with Crippen LogP contribution in [0.25, 0.3) is 0 Å². The minimum absolute atomic E-state index is 0.0321. The van der Waals surface area contributed by atoms with Crippen LogP contribution >= 0.6 is 0 Å². The van der Waals surface area contributed by atoms with Crippen LogP contribution in [0.1, 0.15) is 18.1 Å². The van der Waals surface area contributed by atoms with Crippen molar-refractivity contribution in [3.05, 3.63) is 23.8 Å². The van der Waals surface area contributed by atoms with Crippen molar-refractivity contribution < 1.29 is 19.7 Å². The Morgan fingerprint density at radius 3 is 2.67 bits per heavy atom. The maximum absolute atomic E-state index is 9.67. The molecule has 2 N–H and O–H groups in total. The fourth-order valence-electron chi connectivity index (χ4n) is 1.56. The summed E-state index contributed by atoms with van der Waals surface area (Å²) >= 11 is 0. The van der Waals surface area contributed by atoms with Crippen LogP contribution in [0.3, 0.4) is 0 Å². The number of aliphatic hydroxyl groups is 2. The molecule has 0 bridgehead atoms. The van der Waals surface area contributed by atoms with E-state index in [-0.39, 0.29) is 6.61 Å². The van der Waals surface area contributed by atoms with E-state index in [4.69, 9.17) is 14.6 Å². The van der Waals surface area contributed by atoms with Gasteiger partial charge in [0.1, 0.15) is 13.2 Å². The standard InChI is InChI=1S/C11H14O4/c12-4-3-9(13)8-1-2-10-11(7-8)15-6-5-14-10/h1-2,7,9,12-13H,3-6H2.